The lowest BCUT2D eigenvalue weighted by atomic mass is 10.0. The van der Waals surface area contributed by atoms with Crippen LogP contribution in [-0.2, 0) is 11.2 Å². The van der Waals surface area contributed by atoms with Crippen LogP contribution in [0.1, 0.15) is 36.5 Å². The molecule has 0 unspecified atom stereocenters. The minimum atomic E-state index is -0.209. The lowest BCUT2D eigenvalue weighted by Gasteiger charge is -2.08. The number of carbonyl (C=O) groups excluding carboxylic acids is 1. The summed E-state index contributed by atoms with van der Waals surface area (Å²) < 4.78 is 0. The first-order chi connectivity index (χ1) is 12.5. The molecule has 0 bridgehead atoms. The van der Waals surface area contributed by atoms with E-state index in [0.29, 0.717) is 23.1 Å². The molecule has 0 radical (unpaired) electrons. The van der Waals surface area contributed by atoms with E-state index in [2.05, 4.69) is 53.6 Å². The largest absolute Gasteiger partial charge is 0.507 e. The zero-order valence-corrected chi connectivity index (χ0v) is 15.5. The number of phenolic OH excluding ortho intramolecular Hbond substituents is 1. The molecule has 2 N–H and O–H groups in total. The van der Waals surface area contributed by atoms with Gasteiger partial charge in [-0.3, -0.25) is 4.79 Å². The van der Waals surface area contributed by atoms with E-state index in [1.807, 2.05) is 0 Å². The van der Waals surface area contributed by atoms with Crippen LogP contribution in [0.25, 0.3) is 0 Å². The third kappa shape index (κ3) is 4.52. The second kappa shape index (κ2) is 8.19. The normalized spacial score (nSPS) is 18.8. The fraction of sp³-hybridized carbons (Fsp3) is 0.250. The van der Waals surface area contributed by atoms with E-state index < -0.39 is 0 Å². The number of nitrogens with one attached hydrogen (secondary N) is 1. The van der Waals surface area contributed by atoms with Crippen molar-refractivity contribution in [2.45, 2.75) is 31.4 Å². The Hall–Kier alpha value is -2.60. The van der Waals surface area contributed by atoms with Gasteiger partial charge in [0.25, 0.3) is 0 Å². The van der Waals surface area contributed by atoms with Gasteiger partial charge in [0, 0.05) is 5.56 Å². The molecule has 1 heterocycles. The van der Waals surface area contributed by atoms with Gasteiger partial charge < -0.3 is 10.4 Å². The molecule has 6 heteroatoms. The standard InChI is InChI=1S/C20H21N3O2S/c1-13(2)15-9-7-14(8-10-15)11-18-19(25)22-20(26-18)23-21-12-16-5-3-4-6-17(16)24/h3-10,12-13,18,24H,11H2,1-2H3,(H,22,23,25)/b21-12+/t18-/m1/s1. The molecule has 0 aliphatic carbocycles. The number of rotatable bonds is 5. The van der Waals surface area contributed by atoms with E-state index >= 15 is 0 Å². The lowest BCUT2D eigenvalue weighted by Crippen LogP contribution is -2.25. The molecule has 2 aromatic carbocycles. The van der Waals surface area contributed by atoms with Gasteiger partial charge in [-0.1, -0.05) is 62.0 Å². The van der Waals surface area contributed by atoms with Gasteiger partial charge in [-0.25, -0.2) is 0 Å². The molecule has 0 aromatic heterocycles. The van der Waals surface area contributed by atoms with Crippen LogP contribution >= 0.6 is 11.8 Å². The van der Waals surface area contributed by atoms with E-state index in [9.17, 15) is 9.90 Å². The molecule has 1 amide bonds. The van der Waals surface area contributed by atoms with Crippen molar-refractivity contribution in [1.82, 2.24) is 5.32 Å². The Bertz CT molecular complexity index is 844. The van der Waals surface area contributed by atoms with Crippen LogP contribution in [0.3, 0.4) is 0 Å². The number of para-hydroxylation sites is 1. The Morgan fingerprint density at radius 2 is 1.92 bits per heavy atom. The summed E-state index contributed by atoms with van der Waals surface area (Å²) in [6, 6.07) is 15.3. The number of hydrogen-bond acceptors (Lipinski definition) is 5. The first-order valence-electron chi connectivity index (χ1n) is 8.48. The van der Waals surface area contributed by atoms with Crippen molar-refractivity contribution in [2.75, 3.05) is 0 Å². The summed E-state index contributed by atoms with van der Waals surface area (Å²) in [7, 11) is 0. The fourth-order valence-corrected chi connectivity index (χ4v) is 3.54. The average Bonchev–Trinajstić information content (AvgIpc) is 2.96. The summed E-state index contributed by atoms with van der Waals surface area (Å²) in [6.45, 7) is 4.32. The quantitative estimate of drug-likeness (QED) is 0.625. The van der Waals surface area contributed by atoms with Gasteiger partial charge in [0.2, 0.25) is 5.91 Å². The van der Waals surface area contributed by atoms with Crippen molar-refractivity contribution in [3.63, 3.8) is 0 Å². The van der Waals surface area contributed by atoms with Crippen molar-refractivity contribution >= 4 is 29.1 Å². The van der Waals surface area contributed by atoms with Crippen molar-refractivity contribution in [3.05, 3.63) is 65.2 Å². The number of aromatic hydroxyl groups is 1. The Labute approximate surface area is 157 Å². The molecule has 2 aromatic rings. The van der Waals surface area contributed by atoms with Gasteiger partial charge in [0.15, 0.2) is 5.17 Å². The topological polar surface area (TPSA) is 74.1 Å². The SMILES string of the molecule is CC(C)c1ccc(C[C@H]2S/C(=N/N=C/c3ccccc3O)NC2=O)cc1. The highest BCUT2D eigenvalue weighted by Gasteiger charge is 2.30. The fourth-order valence-electron chi connectivity index (χ4n) is 2.58. The Balaban J connectivity index is 1.62. The molecule has 5 nitrogen and oxygen atoms in total. The third-order valence-corrected chi connectivity index (χ3v) is 5.20. The minimum Gasteiger partial charge on any atom is -0.507 e. The first-order valence-corrected chi connectivity index (χ1v) is 9.36. The zero-order valence-electron chi connectivity index (χ0n) is 14.7. The van der Waals surface area contributed by atoms with E-state index in [-0.39, 0.29) is 16.9 Å². The summed E-state index contributed by atoms with van der Waals surface area (Å²) in [5.41, 5.74) is 2.99. The van der Waals surface area contributed by atoms with E-state index in [1.54, 1.807) is 24.3 Å². The molecule has 1 aliphatic heterocycles. The van der Waals surface area contributed by atoms with Crippen molar-refractivity contribution in [3.8, 4) is 5.75 Å². The maximum absolute atomic E-state index is 12.1. The van der Waals surface area contributed by atoms with Gasteiger partial charge in [-0.05, 0) is 35.6 Å². The molecular formula is C20H21N3O2S. The van der Waals surface area contributed by atoms with Gasteiger partial charge in [0.05, 0.1) is 11.5 Å². The number of carbonyl (C=O) groups is 1. The van der Waals surface area contributed by atoms with Crippen LogP contribution < -0.4 is 5.32 Å². The second-order valence-electron chi connectivity index (χ2n) is 6.40. The molecule has 26 heavy (non-hydrogen) atoms. The zero-order chi connectivity index (χ0) is 18.5. The van der Waals surface area contributed by atoms with Crippen molar-refractivity contribution < 1.29 is 9.90 Å². The first kappa shape index (κ1) is 18.2. The number of amidine groups is 1. The Kier molecular flexibility index (Phi) is 5.73. The summed E-state index contributed by atoms with van der Waals surface area (Å²) >= 11 is 1.38. The number of phenols is 1. The second-order valence-corrected chi connectivity index (χ2v) is 7.60. The lowest BCUT2D eigenvalue weighted by molar-refractivity contribution is -0.118. The molecule has 1 atom stereocenters. The summed E-state index contributed by atoms with van der Waals surface area (Å²) in [4.78, 5) is 12.1. The van der Waals surface area contributed by atoms with Gasteiger partial charge in [-0.2, -0.15) is 5.10 Å². The predicted octanol–water partition coefficient (Wildman–Crippen LogP) is 3.68. The monoisotopic (exact) mass is 367 g/mol. The highest BCUT2D eigenvalue weighted by atomic mass is 32.2. The summed E-state index contributed by atoms with van der Waals surface area (Å²) in [5, 5.41) is 20.7. The van der Waals surface area contributed by atoms with Crippen LogP contribution in [0.15, 0.2) is 58.7 Å². The molecule has 1 fully saturated rings. The van der Waals surface area contributed by atoms with Gasteiger partial charge in [-0.15, -0.1) is 5.10 Å². The molecule has 1 saturated heterocycles. The number of nitrogens with zero attached hydrogens (tertiary/aromatic N) is 2. The highest BCUT2D eigenvalue weighted by molar-refractivity contribution is 8.15. The predicted molar refractivity (Wildman–Crippen MR) is 107 cm³/mol. The third-order valence-electron chi connectivity index (χ3n) is 4.13. The van der Waals surface area contributed by atoms with Crippen LogP contribution in [0.4, 0.5) is 0 Å². The maximum Gasteiger partial charge on any atom is 0.239 e. The van der Waals surface area contributed by atoms with Crippen molar-refractivity contribution in [1.29, 1.82) is 0 Å². The minimum absolute atomic E-state index is 0.0561. The maximum atomic E-state index is 12.1. The van der Waals surface area contributed by atoms with Gasteiger partial charge >= 0.3 is 0 Å². The van der Waals surface area contributed by atoms with Crippen LogP contribution in [0, 0.1) is 0 Å². The number of amides is 1. The van der Waals surface area contributed by atoms with Crippen LogP contribution in [0.5, 0.6) is 5.75 Å². The molecule has 1 aliphatic rings. The van der Waals surface area contributed by atoms with Gasteiger partial charge in [0.1, 0.15) is 5.75 Å². The number of thioether (sulfide) groups is 1. The average molecular weight is 367 g/mol. The molecule has 134 valence electrons. The number of hydrogen-bond donors (Lipinski definition) is 2. The van der Waals surface area contributed by atoms with E-state index in [4.69, 9.17) is 0 Å². The smallest absolute Gasteiger partial charge is 0.239 e. The van der Waals surface area contributed by atoms with Crippen LogP contribution in [0.2, 0.25) is 0 Å². The summed E-state index contributed by atoms with van der Waals surface area (Å²) in [6.07, 6.45) is 2.12. The molecule has 0 spiro atoms. The van der Waals surface area contributed by atoms with E-state index in [1.165, 1.54) is 23.5 Å². The van der Waals surface area contributed by atoms with E-state index in [0.717, 1.165) is 5.56 Å². The Morgan fingerprint density at radius 3 is 2.62 bits per heavy atom. The Morgan fingerprint density at radius 1 is 1.19 bits per heavy atom. The molecule has 3 rings (SSSR count). The summed E-state index contributed by atoms with van der Waals surface area (Å²) in [5.74, 6) is 0.579. The highest BCUT2D eigenvalue weighted by Crippen LogP contribution is 2.24. The van der Waals surface area contributed by atoms with Crippen molar-refractivity contribution in [2.24, 2.45) is 10.2 Å². The molecule has 0 saturated carbocycles. The number of benzene rings is 2. The molecular weight excluding hydrogens is 346 g/mol. The van der Waals surface area contributed by atoms with Crippen LogP contribution in [-0.4, -0.2) is 27.6 Å².